The molecule has 0 bridgehead atoms. The first-order valence-corrected chi connectivity index (χ1v) is 5.37. The third-order valence-corrected chi connectivity index (χ3v) is 2.45. The Morgan fingerprint density at radius 3 is 2.11 bits per heavy atom. The summed E-state index contributed by atoms with van der Waals surface area (Å²) in [5.41, 5.74) is 5.39. The lowest BCUT2D eigenvalue weighted by Gasteiger charge is -2.17. The monoisotopic (exact) mass is 263 g/mol. The van der Waals surface area contributed by atoms with E-state index in [1.54, 1.807) is 6.92 Å². The van der Waals surface area contributed by atoms with Crippen molar-refractivity contribution in [1.82, 2.24) is 0 Å². The molecule has 0 saturated heterocycles. The molecule has 1 atom stereocenters. The first-order chi connectivity index (χ1) is 8.29. The van der Waals surface area contributed by atoms with Gasteiger partial charge in [0.2, 0.25) is 0 Å². The molecule has 6 heteroatoms. The van der Waals surface area contributed by atoms with Crippen LogP contribution in [0.15, 0.2) is 12.1 Å². The quantitative estimate of drug-likeness (QED) is 0.908. The average Bonchev–Trinajstić information content (AvgIpc) is 2.26. The van der Waals surface area contributed by atoms with Gasteiger partial charge in [-0.3, -0.25) is 0 Å². The van der Waals surface area contributed by atoms with Gasteiger partial charge in [0.1, 0.15) is 17.1 Å². The van der Waals surface area contributed by atoms with Crippen molar-refractivity contribution in [3.8, 4) is 11.5 Å². The number of rotatable bonds is 4. The Morgan fingerprint density at radius 2 is 1.72 bits per heavy atom. The van der Waals surface area contributed by atoms with Gasteiger partial charge in [0.15, 0.2) is 0 Å². The summed E-state index contributed by atoms with van der Waals surface area (Å²) in [6, 6.07) is 2.09. The van der Waals surface area contributed by atoms with Gasteiger partial charge in [0.25, 0.3) is 0 Å². The van der Waals surface area contributed by atoms with Gasteiger partial charge in [0.05, 0.1) is 14.2 Å². The second kappa shape index (κ2) is 5.48. The number of benzene rings is 1. The Hall–Kier alpha value is -1.43. The summed E-state index contributed by atoms with van der Waals surface area (Å²) in [6.45, 7) is 1.77. The van der Waals surface area contributed by atoms with E-state index in [9.17, 15) is 13.2 Å². The van der Waals surface area contributed by atoms with E-state index in [1.165, 1.54) is 20.3 Å². The SMILES string of the molecule is COc1cc(C(F)(F)F)c(OC)cc1CC(C)N. The summed E-state index contributed by atoms with van der Waals surface area (Å²) in [5.74, 6) is -0.0561. The highest BCUT2D eigenvalue weighted by Crippen LogP contribution is 2.40. The zero-order chi connectivity index (χ0) is 13.9. The van der Waals surface area contributed by atoms with Gasteiger partial charge in [0, 0.05) is 6.04 Å². The van der Waals surface area contributed by atoms with Crippen molar-refractivity contribution < 1.29 is 22.6 Å². The van der Waals surface area contributed by atoms with E-state index >= 15 is 0 Å². The Kier molecular flexibility index (Phi) is 4.45. The van der Waals surface area contributed by atoms with Crippen LogP contribution in [-0.2, 0) is 12.6 Å². The predicted octanol–water partition coefficient (Wildman–Crippen LogP) is 2.61. The molecule has 0 amide bonds. The maximum Gasteiger partial charge on any atom is 0.420 e. The molecule has 0 spiro atoms. The van der Waals surface area contributed by atoms with E-state index in [4.69, 9.17) is 15.2 Å². The van der Waals surface area contributed by atoms with Crippen LogP contribution in [0.4, 0.5) is 13.2 Å². The number of ether oxygens (including phenoxy) is 2. The van der Waals surface area contributed by atoms with Crippen molar-refractivity contribution in [3.05, 3.63) is 23.3 Å². The molecule has 1 unspecified atom stereocenters. The van der Waals surface area contributed by atoms with Crippen LogP contribution in [0.1, 0.15) is 18.1 Å². The van der Waals surface area contributed by atoms with E-state index in [0.29, 0.717) is 12.0 Å². The largest absolute Gasteiger partial charge is 0.496 e. The zero-order valence-corrected chi connectivity index (χ0v) is 10.5. The van der Waals surface area contributed by atoms with Crippen LogP contribution in [0.5, 0.6) is 11.5 Å². The summed E-state index contributed by atoms with van der Waals surface area (Å²) < 4.78 is 48.1. The van der Waals surface area contributed by atoms with Crippen LogP contribution in [0.25, 0.3) is 0 Å². The summed E-state index contributed by atoms with van der Waals surface area (Å²) in [5, 5.41) is 0. The van der Waals surface area contributed by atoms with Crippen LogP contribution in [-0.4, -0.2) is 20.3 Å². The fourth-order valence-corrected chi connectivity index (χ4v) is 1.69. The highest BCUT2D eigenvalue weighted by molar-refractivity contribution is 5.48. The molecule has 0 aromatic heterocycles. The van der Waals surface area contributed by atoms with Crippen molar-refractivity contribution in [1.29, 1.82) is 0 Å². The Morgan fingerprint density at radius 1 is 1.17 bits per heavy atom. The number of hydrogen-bond donors (Lipinski definition) is 1. The fraction of sp³-hybridized carbons (Fsp3) is 0.500. The van der Waals surface area contributed by atoms with Crippen molar-refractivity contribution in [3.63, 3.8) is 0 Å². The molecule has 0 fully saturated rings. The minimum absolute atomic E-state index is 0.167. The first-order valence-electron chi connectivity index (χ1n) is 5.37. The van der Waals surface area contributed by atoms with E-state index < -0.39 is 11.7 Å². The first kappa shape index (κ1) is 14.6. The molecular formula is C12H16F3NO2. The van der Waals surface area contributed by atoms with Gasteiger partial charge in [-0.1, -0.05) is 0 Å². The van der Waals surface area contributed by atoms with Crippen LogP contribution < -0.4 is 15.2 Å². The maximum atomic E-state index is 12.8. The third kappa shape index (κ3) is 3.29. The molecule has 0 radical (unpaired) electrons. The number of nitrogens with two attached hydrogens (primary N) is 1. The highest BCUT2D eigenvalue weighted by atomic mass is 19.4. The molecular weight excluding hydrogens is 247 g/mol. The van der Waals surface area contributed by atoms with Crippen LogP contribution in [0.2, 0.25) is 0 Å². The second-order valence-electron chi connectivity index (χ2n) is 4.04. The lowest BCUT2D eigenvalue weighted by atomic mass is 10.0. The second-order valence-corrected chi connectivity index (χ2v) is 4.04. The highest BCUT2D eigenvalue weighted by Gasteiger charge is 2.35. The van der Waals surface area contributed by atoms with Crippen molar-refractivity contribution in [2.45, 2.75) is 25.6 Å². The normalized spacial score (nSPS) is 13.3. The van der Waals surface area contributed by atoms with Gasteiger partial charge in [-0.2, -0.15) is 13.2 Å². The lowest BCUT2D eigenvalue weighted by Crippen LogP contribution is -2.19. The topological polar surface area (TPSA) is 44.5 Å². The molecule has 102 valence electrons. The number of alkyl halides is 3. The molecule has 1 aromatic carbocycles. The van der Waals surface area contributed by atoms with E-state index in [-0.39, 0.29) is 17.5 Å². The van der Waals surface area contributed by atoms with Gasteiger partial charge in [-0.15, -0.1) is 0 Å². The van der Waals surface area contributed by atoms with Gasteiger partial charge in [-0.05, 0) is 31.0 Å². The minimum Gasteiger partial charge on any atom is -0.496 e. The lowest BCUT2D eigenvalue weighted by molar-refractivity contribution is -0.138. The molecule has 0 aliphatic heterocycles. The van der Waals surface area contributed by atoms with Crippen molar-refractivity contribution in [2.75, 3.05) is 14.2 Å². The minimum atomic E-state index is -4.48. The van der Waals surface area contributed by atoms with Gasteiger partial charge >= 0.3 is 6.18 Å². The maximum absolute atomic E-state index is 12.8. The molecule has 18 heavy (non-hydrogen) atoms. The molecule has 0 aliphatic rings. The molecule has 0 aliphatic carbocycles. The Balaban J connectivity index is 3.32. The molecule has 3 nitrogen and oxygen atoms in total. The van der Waals surface area contributed by atoms with Crippen molar-refractivity contribution in [2.24, 2.45) is 5.73 Å². The third-order valence-electron chi connectivity index (χ3n) is 2.45. The van der Waals surface area contributed by atoms with Crippen LogP contribution in [0, 0.1) is 0 Å². The summed E-state index contributed by atoms with van der Waals surface area (Å²) >= 11 is 0. The zero-order valence-electron chi connectivity index (χ0n) is 10.5. The standard InChI is InChI=1S/C12H16F3NO2/c1-7(16)4-8-5-11(18-3)9(12(13,14)15)6-10(8)17-2/h5-7H,4,16H2,1-3H3. The van der Waals surface area contributed by atoms with E-state index in [1.807, 2.05) is 0 Å². The molecule has 2 N–H and O–H groups in total. The van der Waals surface area contributed by atoms with Gasteiger partial charge < -0.3 is 15.2 Å². The van der Waals surface area contributed by atoms with E-state index in [0.717, 1.165) is 6.07 Å². The Labute approximate surface area is 104 Å². The molecule has 0 saturated carbocycles. The fourth-order valence-electron chi connectivity index (χ4n) is 1.69. The van der Waals surface area contributed by atoms with Crippen LogP contribution >= 0.6 is 0 Å². The average molecular weight is 263 g/mol. The van der Waals surface area contributed by atoms with E-state index in [2.05, 4.69) is 0 Å². The predicted molar refractivity (Wildman–Crippen MR) is 61.9 cm³/mol. The summed E-state index contributed by atoms with van der Waals surface area (Å²) in [7, 11) is 2.53. The summed E-state index contributed by atoms with van der Waals surface area (Å²) in [4.78, 5) is 0. The van der Waals surface area contributed by atoms with Crippen LogP contribution in [0.3, 0.4) is 0 Å². The smallest absolute Gasteiger partial charge is 0.420 e. The number of hydrogen-bond acceptors (Lipinski definition) is 3. The molecule has 1 aromatic rings. The molecule has 1 rings (SSSR count). The number of methoxy groups -OCH3 is 2. The number of halogens is 3. The Bertz CT molecular complexity index is 417. The van der Waals surface area contributed by atoms with Crippen molar-refractivity contribution >= 4 is 0 Å². The van der Waals surface area contributed by atoms with Gasteiger partial charge in [-0.25, -0.2) is 0 Å². The summed E-state index contributed by atoms with van der Waals surface area (Å²) in [6.07, 6.45) is -4.07. The molecule has 0 heterocycles.